The van der Waals surface area contributed by atoms with Gasteiger partial charge in [-0.05, 0) is 124 Å². The minimum Gasteiger partial charge on any atom is -0.456 e. The number of hydrogen-bond donors (Lipinski definition) is 0. The predicted octanol–water partition coefficient (Wildman–Crippen LogP) is 14.2. The predicted molar refractivity (Wildman–Crippen MR) is 216 cm³/mol. The Hall–Kier alpha value is -6.70. The second-order valence-electron chi connectivity index (χ2n) is 13.6. The highest BCUT2D eigenvalue weighted by Gasteiger charge is 2.22. The van der Waals surface area contributed by atoms with Crippen LogP contribution >= 0.6 is 0 Å². The molecular formula is C50H30O. The number of rotatable bonds is 3. The largest absolute Gasteiger partial charge is 0.456 e. The maximum atomic E-state index is 6.63. The minimum absolute atomic E-state index is 0.889. The van der Waals surface area contributed by atoms with Gasteiger partial charge in [-0.15, -0.1) is 0 Å². The van der Waals surface area contributed by atoms with Gasteiger partial charge in [0.15, 0.2) is 0 Å². The molecule has 1 aliphatic rings. The summed E-state index contributed by atoms with van der Waals surface area (Å²) in [4.78, 5) is 0. The average Bonchev–Trinajstić information content (AvgIpc) is 3.20. The van der Waals surface area contributed by atoms with Gasteiger partial charge in [-0.1, -0.05) is 146 Å². The standard InChI is InChI=1S/C50H30O/c1-2-11-33-27-37(20-19-31(33)9-1)40-24-26-48-50-42(40)17-8-18-43(50)46-29-35(22-25-47(46)51-48)34-13-7-14-38(28-34)49-41-16-6-4-12-36(41)30-45-39-15-5-3-10-32(39)21-23-44(45)49/h1-30H. The van der Waals surface area contributed by atoms with Gasteiger partial charge in [-0.3, -0.25) is 0 Å². The van der Waals surface area contributed by atoms with E-state index in [1.54, 1.807) is 0 Å². The fraction of sp³-hybridized carbons (Fsp3) is 0. The van der Waals surface area contributed by atoms with Crippen LogP contribution in [0.1, 0.15) is 0 Å². The molecule has 0 N–H and O–H groups in total. The lowest BCUT2D eigenvalue weighted by molar-refractivity contribution is 0.487. The summed E-state index contributed by atoms with van der Waals surface area (Å²) in [7, 11) is 0. The fourth-order valence-corrected chi connectivity index (χ4v) is 8.41. The van der Waals surface area contributed by atoms with E-state index in [2.05, 4.69) is 182 Å². The van der Waals surface area contributed by atoms with Crippen molar-refractivity contribution in [2.45, 2.75) is 0 Å². The molecule has 0 aliphatic carbocycles. The van der Waals surface area contributed by atoms with Crippen molar-refractivity contribution in [1.82, 2.24) is 0 Å². The van der Waals surface area contributed by atoms with Gasteiger partial charge in [-0.25, -0.2) is 0 Å². The van der Waals surface area contributed by atoms with Gasteiger partial charge < -0.3 is 4.74 Å². The zero-order chi connectivity index (χ0) is 33.5. The van der Waals surface area contributed by atoms with Crippen LogP contribution in [0.15, 0.2) is 182 Å². The first-order valence-electron chi connectivity index (χ1n) is 17.6. The molecule has 10 aromatic carbocycles. The number of hydrogen-bond acceptors (Lipinski definition) is 1. The van der Waals surface area contributed by atoms with Crippen molar-refractivity contribution >= 4 is 53.9 Å². The fourth-order valence-electron chi connectivity index (χ4n) is 8.41. The Morgan fingerprint density at radius 2 is 0.961 bits per heavy atom. The highest BCUT2D eigenvalue weighted by molar-refractivity contribution is 6.20. The summed E-state index contributed by atoms with van der Waals surface area (Å²) >= 11 is 0. The zero-order valence-corrected chi connectivity index (χ0v) is 27.7. The quantitative estimate of drug-likeness (QED) is 0.137. The van der Waals surface area contributed by atoms with E-state index in [9.17, 15) is 0 Å². The Morgan fingerprint density at radius 1 is 0.275 bits per heavy atom. The molecular weight excluding hydrogens is 617 g/mol. The van der Waals surface area contributed by atoms with Crippen LogP contribution in [0.3, 0.4) is 0 Å². The summed E-state index contributed by atoms with van der Waals surface area (Å²) in [6.07, 6.45) is 0. The van der Waals surface area contributed by atoms with E-state index < -0.39 is 0 Å². The summed E-state index contributed by atoms with van der Waals surface area (Å²) in [6.45, 7) is 0. The third kappa shape index (κ3) is 4.35. The Labute approximate surface area is 295 Å². The molecule has 10 aromatic rings. The molecule has 0 bridgehead atoms. The molecule has 0 saturated carbocycles. The van der Waals surface area contributed by atoms with Gasteiger partial charge in [0.25, 0.3) is 0 Å². The maximum absolute atomic E-state index is 6.63. The van der Waals surface area contributed by atoms with Crippen molar-refractivity contribution in [3.05, 3.63) is 182 Å². The van der Waals surface area contributed by atoms with E-state index in [0.717, 1.165) is 22.4 Å². The van der Waals surface area contributed by atoms with Crippen molar-refractivity contribution in [1.29, 1.82) is 0 Å². The second-order valence-corrected chi connectivity index (χ2v) is 13.6. The molecule has 1 nitrogen and oxygen atoms in total. The van der Waals surface area contributed by atoms with Crippen molar-refractivity contribution in [3.63, 3.8) is 0 Å². The lowest BCUT2D eigenvalue weighted by Crippen LogP contribution is -1.98. The van der Waals surface area contributed by atoms with Gasteiger partial charge >= 0.3 is 0 Å². The molecule has 1 heterocycles. The summed E-state index contributed by atoms with van der Waals surface area (Å²) in [5.74, 6) is 1.79. The molecule has 11 rings (SSSR count). The van der Waals surface area contributed by atoms with Gasteiger partial charge in [-0.2, -0.15) is 0 Å². The van der Waals surface area contributed by atoms with Gasteiger partial charge in [0, 0.05) is 10.9 Å². The van der Waals surface area contributed by atoms with Crippen LogP contribution in [0.2, 0.25) is 0 Å². The molecule has 1 heteroatoms. The van der Waals surface area contributed by atoms with E-state index in [-0.39, 0.29) is 0 Å². The van der Waals surface area contributed by atoms with Crippen LogP contribution in [-0.2, 0) is 0 Å². The third-order valence-corrected chi connectivity index (χ3v) is 10.8. The Bertz CT molecular complexity index is 3060. The van der Waals surface area contributed by atoms with E-state index in [1.165, 1.54) is 87.4 Å². The third-order valence-electron chi connectivity index (χ3n) is 10.8. The van der Waals surface area contributed by atoms with Crippen molar-refractivity contribution in [3.8, 4) is 56.0 Å². The zero-order valence-electron chi connectivity index (χ0n) is 27.7. The van der Waals surface area contributed by atoms with Crippen molar-refractivity contribution < 1.29 is 4.74 Å². The summed E-state index contributed by atoms with van der Waals surface area (Å²) in [6, 6.07) is 66.3. The molecule has 0 saturated heterocycles. The van der Waals surface area contributed by atoms with Gasteiger partial charge in [0.2, 0.25) is 0 Å². The molecule has 0 unspecified atom stereocenters. The Morgan fingerprint density at radius 3 is 1.88 bits per heavy atom. The molecule has 0 spiro atoms. The SMILES string of the molecule is c1cc(-c2ccc3c(c2)-c2cccc4c(-c5ccc6ccccc6c5)ccc(c24)O3)cc(-c2c3ccccc3cc3c2ccc2ccccc23)c1. The molecule has 0 radical (unpaired) electrons. The summed E-state index contributed by atoms with van der Waals surface area (Å²) in [5, 5.41) is 12.5. The van der Waals surface area contributed by atoms with Gasteiger partial charge in [0.1, 0.15) is 11.5 Å². The van der Waals surface area contributed by atoms with Crippen molar-refractivity contribution in [2.75, 3.05) is 0 Å². The normalized spacial score (nSPS) is 12.1. The minimum atomic E-state index is 0.889. The van der Waals surface area contributed by atoms with Crippen LogP contribution in [0.5, 0.6) is 11.5 Å². The number of fused-ring (bicyclic) bond motifs is 7. The van der Waals surface area contributed by atoms with Crippen LogP contribution in [0.4, 0.5) is 0 Å². The van der Waals surface area contributed by atoms with Crippen molar-refractivity contribution in [2.24, 2.45) is 0 Å². The van der Waals surface area contributed by atoms with Crippen LogP contribution < -0.4 is 4.74 Å². The van der Waals surface area contributed by atoms with Crippen LogP contribution in [0.25, 0.3) is 98.4 Å². The molecule has 0 amide bonds. The topological polar surface area (TPSA) is 9.23 Å². The average molecular weight is 647 g/mol. The molecule has 0 aromatic heterocycles. The molecule has 236 valence electrons. The number of ether oxygens (including phenoxy) is 1. The van der Waals surface area contributed by atoms with E-state index in [0.29, 0.717) is 0 Å². The van der Waals surface area contributed by atoms with E-state index >= 15 is 0 Å². The van der Waals surface area contributed by atoms with Gasteiger partial charge in [0.05, 0.1) is 0 Å². The Balaban J connectivity index is 1.07. The lowest BCUT2D eigenvalue weighted by atomic mass is 9.87. The molecule has 51 heavy (non-hydrogen) atoms. The first-order chi connectivity index (χ1) is 25.3. The maximum Gasteiger partial charge on any atom is 0.135 e. The summed E-state index contributed by atoms with van der Waals surface area (Å²) < 4.78 is 6.63. The Kier molecular flexibility index (Phi) is 6.02. The molecule has 0 atom stereocenters. The number of benzene rings is 10. The van der Waals surface area contributed by atoms with Crippen LogP contribution in [0, 0.1) is 0 Å². The highest BCUT2D eigenvalue weighted by atomic mass is 16.5. The highest BCUT2D eigenvalue weighted by Crippen LogP contribution is 2.50. The first kappa shape index (κ1) is 28.2. The lowest BCUT2D eigenvalue weighted by Gasteiger charge is -2.23. The van der Waals surface area contributed by atoms with E-state index in [1.807, 2.05) is 0 Å². The monoisotopic (exact) mass is 646 g/mol. The molecule has 0 fully saturated rings. The van der Waals surface area contributed by atoms with Crippen LogP contribution in [-0.4, -0.2) is 0 Å². The molecule has 1 aliphatic heterocycles. The van der Waals surface area contributed by atoms with E-state index in [4.69, 9.17) is 4.74 Å². The second kappa shape index (κ2) is 10.9. The first-order valence-corrected chi connectivity index (χ1v) is 17.6. The summed E-state index contributed by atoms with van der Waals surface area (Å²) in [5.41, 5.74) is 9.59. The smallest absolute Gasteiger partial charge is 0.135 e.